The number of carbonyl (C=O) groups excluding carboxylic acids is 1. The SMILES string of the molecule is CCSc1nnc(NC(=O)CSc2nc3c(c(=O)n2-c2ccc(F)cc2)SCC3)s1. The maximum absolute atomic E-state index is 13.4. The quantitative estimate of drug-likeness (QED) is 0.310. The number of hydrogen-bond acceptors (Lipinski definition) is 9. The van der Waals surface area contributed by atoms with Gasteiger partial charge in [0.15, 0.2) is 9.50 Å². The zero-order chi connectivity index (χ0) is 21.1. The molecular weight excluding hydrogens is 465 g/mol. The Morgan fingerprint density at radius 1 is 1.27 bits per heavy atom. The number of carbonyl (C=O) groups is 1. The molecular formula is C18H16FN5O2S4. The van der Waals surface area contributed by atoms with Crippen LogP contribution in [0.1, 0.15) is 12.6 Å². The molecule has 30 heavy (non-hydrogen) atoms. The summed E-state index contributed by atoms with van der Waals surface area (Å²) >= 11 is 5.51. The average Bonchev–Trinajstić information content (AvgIpc) is 3.37. The first kappa shape index (κ1) is 21.3. The van der Waals surface area contributed by atoms with Crippen LogP contribution in [0.5, 0.6) is 0 Å². The van der Waals surface area contributed by atoms with Crippen molar-refractivity contribution in [1.29, 1.82) is 0 Å². The van der Waals surface area contributed by atoms with Crippen molar-refractivity contribution in [3.63, 3.8) is 0 Å². The molecule has 0 unspecified atom stereocenters. The van der Waals surface area contributed by atoms with Gasteiger partial charge in [-0.15, -0.1) is 22.0 Å². The smallest absolute Gasteiger partial charge is 0.272 e. The highest BCUT2D eigenvalue weighted by Crippen LogP contribution is 2.30. The number of aryl methyl sites for hydroxylation is 1. The number of amides is 1. The molecule has 1 aliphatic heterocycles. The van der Waals surface area contributed by atoms with Crippen molar-refractivity contribution in [2.45, 2.75) is 27.7 Å². The maximum atomic E-state index is 13.4. The minimum Gasteiger partial charge on any atom is -0.300 e. The zero-order valence-corrected chi connectivity index (χ0v) is 19.0. The molecule has 4 rings (SSSR count). The van der Waals surface area contributed by atoms with Crippen molar-refractivity contribution in [3.8, 4) is 5.69 Å². The van der Waals surface area contributed by atoms with E-state index in [4.69, 9.17) is 0 Å². The largest absolute Gasteiger partial charge is 0.300 e. The number of nitrogens with one attached hydrogen (secondary N) is 1. The standard InChI is InChI=1S/C18H16FN5O2S4/c1-2-27-18-23-22-16(30-18)21-13(25)9-29-17-20-12-7-8-28-14(12)15(26)24(17)11-5-3-10(19)4-6-11/h3-6H,2,7-9H2,1H3,(H,21,22,25). The molecule has 2 aromatic heterocycles. The van der Waals surface area contributed by atoms with E-state index in [2.05, 4.69) is 20.5 Å². The van der Waals surface area contributed by atoms with E-state index in [9.17, 15) is 14.0 Å². The molecule has 0 saturated carbocycles. The second-order valence-corrected chi connectivity index (χ2v) is 10.6. The molecule has 1 aliphatic rings. The molecule has 0 atom stereocenters. The minimum atomic E-state index is -0.387. The van der Waals surface area contributed by atoms with Gasteiger partial charge in [-0.2, -0.15) is 0 Å². The molecule has 1 N–H and O–H groups in total. The Morgan fingerprint density at radius 3 is 2.83 bits per heavy atom. The topological polar surface area (TPSA) is 89.8 Å². The summed E-state index contributed by atoms with van der Waals surface area (Å²) in [6.07, 6.45) is 0.710. The van der Waals surface area contributed by atoms with Gasteiger partial charge in [-0.1, -0.05) is 41.8 Å². The summed E-state index contributed by atoms with van der Waals surface area (Å²) in [6, 6.07) is 5.65. The van der Waals surface area contributed by atoms with Crippen LogP contribution >= 0.6 is 46.6 Å². The highest BCUT2D eigenvalue weighted by molar-refractivity contribution is 8.01. The fourth-order valence-electron chi connectivity index (χ4n) is 2.73. The van der Waals surface area contributed by atoms with Gasteiger partial charge >= 0.3 is 0 Å². The van der Waals surface area contributed by atoms with E-state index in [0.29, 0.717) is 27.3 Å². The molecule has 0 aliphatic carbocycles. The molecule has 156 valence electrons. The van der Waals surface area contributed by atoms with Gasteiger partial charge in [0.25, 0.3) is 5.56 Å². The van der Waals surface area contributed by atoms with Crippen LogP contribution < -0.4 is 10.9 Å². The van der Waals surface area contributed by atoms with Gasteiger partial charge in [0.2, 0.25) is 11.0 Å². The average molecular weight is 482 g/mol. The van der Waals surface area contributed by atoms with Gasteiger partial charge in [0.1, 0.15) is 5.82 Å². The van der Waals surface area contributed by atoms with Crippen molar-refractivity contribution in [2.75, 3.05) is 22.6 Å². The predicted molar refractivity (Wildman–Crippen MR) is 120 cm³/mol. The Hall–Kier alpha value is -1.89. The lowest BCUT2D eigenvalue weighted by molar-refractivity contribution is -0.113. The van der Waals surface area contributed by atoms with E-state index in [1.165, 1.54) is 51.9 Å². The van der Waals surface area contributed by atoms with E-state index in [1.807, 2.05) is 6.92 Å². The number of fused-ring (bicyclic) bond motifs is 1. The third kappa shape index (κ3) is 4.71. The first-order chi connectivity index (χ1) is 14.5. The summed E-state index contributed by atoms with van der Waals surface area (Å²) in [5.41, 5.74) is 1.07. The number of anilines is 1. The first-order valence-electron chi connectivity index (χ1n) is 8.98. The van der Waals surface area contributed by atoms with Gasteiger partial charge in [-0.25, -0.2) is 9.37 Å². The van der Waals surface area contributed by atoms with Crippen molar-refractivity contribution in [3.05, 3.63) is 46.1 Å². The van der Waals surface area contributed by atoms with Crippen LogP contribution in [-0.2, 0) is 11.2 Å². The van der Waals surface area contributed by atoms with Crippen LogP contribution in [0.25, 0.3) is 5.69 Å². The van der Waals surface area contributed by atoms with Crippen molar-refractivity contribution in [2.24, 2.45) is 0 Å². The van der Waals surface area contributed by atoms with Crippen LogP contribution in [0.4, 0.5) is 9.52 Å². The van der Waals surface area contributed by atoms with Crippen LogP contribution in [0, 0.1) is 5.82 Å². The molecule has 3 aromatic rings. The number of nitrogens with zero attached hydrogens (tertiary/aromatic N) is 4. The van der Waals surface area contributed by atoms with Gasteiger partial charge in [-0.3, -0.25) is 19.5 Å². The lowest BCUT2D eigenvalue weighted by Gasteiger charge is -2.13. The number of rotatable bonds is 7. The summed E-state index contributed by atoms with van der Waals surface area (Å²) in [4.78, 5) is 30.7. The molecule has 1 aromatic carbocycles. The maximum Gasteiger partial charge on any atom is 0.272 e. The van der Waals surface area contributed by atoms with E-state index in [1.54, 1.807) is 11.8 Å². The molecule has 3 heterocycles. The highest BCUT2D eigenvalue weighted by Gasteiger charge is 2.23. The summed E-state index contributed by atoms with van der Waals surface area (Å²) in [5, 5.41) is 11.5. The molecule has 0 bridgehead atoms. The van der Waals surface area contributed by atoms with E-state index >= 15 is 0 Å². The normalized spacial score (nSPS) is 12.7. The first-order valence-corrected chi connectivity index (χ1v) is 12.8. The number of benzene rings is 1. The lowest BCUT2D eigenvalue weighted by Crippen LogP contribution is -2.24. The Kier molecular flexibility index (Phi) is 6.76. The highest BCUT2D eigenvalue weighted by atomic mass is 32.2. The van der Waals surface area contributed by atoms with E-state index in [-0.39, 0.29) is 23.0 Å². The molecule has 12 heteroatoms. The van der Waals surface area contributed by atoms with E-state index < -0.39 is 0 Å². The van der Waals surface area contributed by atoms with Crippen LogP contribution in [0.2, 0.25) is 0 Å². The molecule has 0 radical (unpaired) electrons. The zero-order valence-electron chi connectivity index (χ0n) is 15.8. The Balaban J connectivity index is 1.55. The Labute approximate surface area is 188 Å². The number of aromatic nitrogens is 4. The number of halogens is 1. The summed E-state index contributed by atoms with van der Waals surface area (Å²) in [7, 11) is 0. The fourth-order valence-corrected chi connectivity index (χ4v) is 6.25. The molecule has 7 nitrogen and oxygen atoms in total. The van der Waals surface area contributed by atoms with Crippen molar-refractivity contribution >= 4 is 57.7 Å². The lowest BCUT2D eigenvalue weighted by atomic mass is 10.3. The summed E-state index contributed by atoms with van der Waals surface area (Å²) in [5.74, 6) is 1.07. The second kappa shape index (κ2) is 9.50. The van der Waals surface area contributed by atoms with Crippen LogP contribution in [0.15, 0.2) is 43.5 Å². The third-order valence-corrected chi connectivity index (χ3v) is 7.90. The number of thioether (sulfide) groups is 3. The third-order valence-electron chi connectivity index (χ3n) is 4.00. The Morgan fingerprint density at radius 2 is 2.07 bits per heavy atom. The van der Waals surface area contributed by atoms with Crippen LogP contribution in [0.3, 0.4) is 0 Å². The van der Waals surface area contributed by atoms with Crippen molar-refractivity contribution in [1.82, 2.24) is 19.7 Å². The molecule has 0 spiro atoms. The molecule has 0 saturated heterocycles. The Bertz CT molecular complexity index is 1130. The number of hydrogen-bond donors (Lipinski definition) is 1. The van der Waals surface area contributed by atoms with Crippen molar-refractivity contribution < 1.29 is 9.18 Å². The van der Waals surface area contributed by atoms with Gasteiger partial charge in [0.05, 0.1) is 22.0 Å². The second-order valence-electron chi connectivity index (χ2n) is 6.03. The minimum absolute atomic E-state index is 0.0510. The fraction of sp³-hybridized carbons (Fsp3) is 0.278. The predicted octanol–water partition coefficient (Wildman–Crippen LogP) is 3.71. The summed E-state index contributed by atoms with van der Waals surface area (Å²) < 4.78 is 15.6. The van der Waals surface area contributed by atoms with Gasteiger partial charge in [0, 0.05) is 12.2 Å². The van der Waals surface area contributed by atoms with E-state index in [0.717, 1.165) is 33.3 Å². The molecule has 0 fully saturated rings. The summed E-state index contributed by atoms with van der Waals surface area (Å²) in [6.45, 7) is 2.02. The molecule has 1 amide bonds. The van der Waals surface area contributed by atoms with Gasteiger partial charge < -0.3 is 0 Å². The van der Waals surface area contributed by atoms with Crippen LogP contribution in [-0.4, -0.2) is 42.9 Å². The van der Waals surface area contributed by atoms with Gasteiger partial charge in [-0.05, 0) is 30.0 Å². The monoisotopic (exact) mass is 481 g/mol.